The molecule has 0 aliphatic carbocycles. The third kappa shape index (κ3) is 2.05. The second-order valence-corrected chi connectivity index (χ2v) is 2.78. The zero-order valence-corrected chi connectivity index (χ0v) is 5.77. The van der Waals surface area contributed by atoms with Crippen molar-refractivity contribution in [1.29, 1.82) is 0 Å². The summed E-state index contributed by atoms with van der Waals surface area (Å²) < 4.78 is 0. The van der Waals surface area contributed by atoms with E-state index in [1.165, 1.54) is 6.21 Å². The Morgan fingerprint density at radius 3 is 3.22 bits per heavy atom. The second-order valence-electron chi connectivity index (χ2n) is 1.67. The maximum Gasteiger partial charge on any atom is 0.112 e. The van der Waals surface area contributed by atoms with Gasteiger partial charge >= 0.3 is 0 Å². The predicted molar refractivity (Wildman–Crippen MR) is 39.7 cm³/mol. The van der Waals surface area contributed by atoms with Gasteiger partial charge in [0.15, 0.2) is 0 Å². The van der Waals surface area contributed by atoms with Gasteiger partial charge in [-0.1, -0.05) is 5.16 Å². The van der Waals surface area contributed by atoms with E-state index >= 15 is 0 Å². The first-order valence-electron chi connectivity index (χ1n) is 2.78. The van der Waals surface area contributed by atoms with Crippen LogP contribution in [0.2, 0.25) is 0 Å². The van der Waals surface area contributed by atoms with Crippen molar-refractivity contribution in [2.75, 3.05) is 12.3 Å². The zero-order valence-electron chi connectivity index (χ0n) is 4.95. The van der Waals surface area contributed by atoms with E-state index in [-0.39, 0.29) is 0 Å². The third-order valence-corrected chi connectivity index (χ3v) is 2.01. The second kappa shape index (κ2) is 3.50. The summed E-state index contributed by atoms with van der Waals surface area (Å²) in [7, 11) is 0. The fraction of sp³-hybridized carbons (Fsp3) is 0.600. The molecule has 1 aliphatic heterocycles. The molecule has 0 amide bonds. The molecular weight excluding hydrogens is 136 g/mol. The molecule has 0 aromatic heterocycles. The van der Waals surface area contributed by atoms with Gasteiger partial charge in [0.05, 0.1) is 6.21 Å². The molecule has 3 nitrogen and oxygen atoms in total. The summed E-state index contributed by atoms with van der Waals surface area (Å²) in [6.45, 7) is 0.869. The fourth-order valence-electron chi connectivity index (χ4n) is 0.604. The summed E-state index contributed by atoms with van der Waals surface area (Å²) in [5.41, 5.74) is 0. The van der Waals surface area contributed by atoms with Crippen molar-refractivity contribution in [2.24, 2.45) is 10.1 Å². The average Bonchev–Trinajstić information content (AvgIpc) is 1.91. The van der Waals surface area contributed by atoms with Crippen LogP contribution in [-0.4, -0.2) is 28.8 Å². The van der Waals surface area contributed by atoms with E-state index in [9.17, 15) is 0 Å². The monoisotopic (exact) mass is 144 g/mol. The molecule has 0 bridgehead atoms. The van der Waals surface area contributed by atoms with Gasteiger partial charge in [0, 0.05) is 12.3 Å². The molecule has 0 aromatic carbocycles. The molecule has 1 N–H and O–H groups in total. The van der Waals surface area contributed by atoms with Crippen LogP contribution in [0.25, 0.3) is 0 Å². The summed E-state index contributed by atoms with van der Waals surface area (Å²) in [4.78, 5) is 4.09. The lowest BCUT2D eigenvalue weighted by molar-refractivity contribution is 0.322. The van der Waals surface area contributed by atoms with Crippen molar-refractivity contribution in [3.8, 4) is 0 Å². The number of hydrogen-bond acceptors (Lipinski definition) is 4. The molecule has 0 radical (unpaired) electrons. The molecule has 0 aromatic rings. The van der Waals surface area contributed by atoms with Crippen molar-refractivity contribution < 1.29 is 5.21 Å². The highest BCUT2D eigenvalue weighted by Gasteiger charge is 2.01. The van der Waals surface area contributed by atoms with Crippen LogP contribution in [0.3, 0.4) is 0 Å². The van der Waals surface area contributed by atoms with Crippen LogP contribution in [0.1, 0.15) is 6.42 Å². The Morgan fingerprint density at radius 1 is 1.78 bits per heavy atom. The van der Waals surface area contributed by atoms with E-state index in [4.69, 9.17) is 5.21 Å². The fourth-order valence-corrected chi connectivity index (χ4v) is 1.39. The Hall–Kier alpha value is -0.510. The Bertz CT molecular complexity index is 144. The smallest absolute Gasteiger partial charge is 0.112 e. The molecule has 0 saturated heterocycles. The minimum atomic E-state index is 0.837. The molecule has 1 aliphatic rings. The standard InChI is InChI=1S/C5H8N2OS/c8-7-4-5-6-2-1-3-9-5/h4,8H,1-3H2. The third-order valence-electron chi connectivity index (χ3n) is 0.988. The summed E-state index contributed by atoms with van der Waals surface area (Å²) in [6, 6.07) is 0. The molecule has 0 fully saturated rings. The Kier molecular flexibility index (Phi) is 2.57. The lowest BCUT2D eigenvalue weighted by Gasteiger charge is -2.04. The molecule has 0 saturated carbocycles. The number of thioether (sulfide) groups is 1. The highest BCUT2D eigenvalue weighted by Crippen LogP contribution is 2.10. The molecule has 1 rings (SSSR count). The van der Waals surface area contributed by atoms with E-state index in [0.29, 0.717) is 0 Å². The van der Waals surface area contributed by atoms with E-state index in [2.05, 4.69) is 10.1 Å². The maximum atomic E-state index is 8.09. The van der Waals surface area contributed by atoms with Crippen molar-refractivity contribution in [3.05, 3.63) is 0 Å². The number of rotatable bonds is 1. The SMILES string of the molecule is ON=CC1=NCCCS1. The molecule has 4 heteroatoms. The van der Waals surface area contributed by atoms with Crippen LogP contribution in [0, 0.1) is 0 Å². The van der Waals surface area contributed by atoms with E-state index in [1.54, 1.807) is 11.8 Å². The van der Waals surface area contributed by atoms with Gasteiger partial charge in [0.1, 0.15) is 5.04 Å². The number of hydrogen-bond donors (Lipinski definition) is 1. The van der Waals surface area contributed by atoms with Gasteiger partial charge in [0.25, 0.3) is 0 Å². The first-order valence-corrected chi connectivity index (χ1v) is 3.77. The van der Waals surface area contributed by atoms with Gasteiger partial charge in [-0.25, -0.2) is 0 Å². The van der Waals surface area contributed by atoms with Gasteiger partial charge in [-0.05, 0) is 6.42 Å². The normalized spacial score (nSPS) is 20.2. The van der Waals surface area contributed by atoms with Gasteiger partial charge in [-0.2, -0.15) is 0 Å². The molecule has 1 heterocycles. The first kappa shape index (κ1) is 6.61. The molecular formula is C5H8N2OS. The zero-order chi connectivity index (χ0) is 6.53. The van der Waals surface area contributed by atoms with E-state index in [1.807, 2.05) is 0 Å². The minimum absolute atomic E-state index is 0.837. The van der Waals surface area contributed by atoms with Crippen molar-refractivity contribution >= 4 is 23.0 Å². The van der Waals surface area contributed by atoms with Gasteiger partial charge < -0.3 is 5.21 Å². The Labute approximate surface area is 57.9 Å². The molecule has 0 unspecified atom stereocenters. The van der Waals surface area contributed by atoms with Crippen LogP contribution in [0.4, 0.5) is 0 Å². The lowest BCUT2D eigenvalue weighted by Crippen LogP contribution is -2.04. The van der Waals surface area contributed by atoms with Crippen molar-refractivity contribution in [3.63, 3.8) is 0 Å². The summed E-state index contributed by atoms with van der Waals surface area (Å²) in [5, 5.41) is 11.8. The van der Waals surface area contributed by atoms with E-state index < -0.39 is 0 Å². The van der Waals surface area contributed by atoms with Crippen molar-refractivity contribution in [1.82, 2.24) is 0 Å². The quantitative estimate of drug-likeness (QED) is 0.339. The molecule has 0 atom stereocenters. The Morgan fingerprint density at radius 2 is 2.67 bits per heavy atom. The number of nitrogens with zero attached hydrogens (tertiary/aromatic N) is 2. The maximum absolute atomic E-state index is 8.09. The van der Waals surface area contributed by atoms with Crippen LogP contribution in [0.5, 0.6) is 0 Å². The molecule has 9 heavy (non-hydrogen) atoms. The van der Waals surface area contributed by atoms with Gasteiger partial charge in [-0.3, -0.25) is 4.99 Å². The number of oxime groups is 1. The predicted octanol–water partition coefficient (Wildman–Crippen LogP) is 0.982. The van der Waals surface area contributed by atoms with Gasteiger partial charge in [0.2, 0.25) is 0 Å². The highest BCUT2D eigenvalue weighted by molar-refractivity contribution is 8.15. The summed E-state index contributed by atoms with van der Waals surface area (Å²) in [5.74, 6) is 1.09. The van der Waals surface area contributed by atoms with Crippen LogP contribution in [-0.2, 0) is 0 Å². The lowest BCUT2D eigenvalue weighted by atomic mass is 10.5. The average molecular weight is 144 g/mol. The van der Waals surface area contributed by atoms with Crippen LogP contribution in [0.15, 0.2) is 10.1 Å². The Balaban J connectivity index is 2.46. The minimum Gasteiger partial charge on any atom is -0.411 e. The topological polar surface area (TPSA) is 45.0 Å². The number of aliphatic imine (C=N–C) groups is 1. The van der Waals surface area contributed by atoms with Crippen LogP contribution >= 0.6 is 11.8 Å². The highest BCUT2D eigenvalue weighted by atomic mass is 32.2. The van der Waals surface area contributed by atoms with E-state index in [0.717, 1.165) is 23.8 Å². The largest absolute Gasteiger partial charge is 0.411 e. The van der Waals surface area contributed by atoms with Crippen LogP contribution < -0.4 is 0 Å². The molecule has 50 valence electrons. The first-order chi connectivity index (χ1) is 4.43. The van der Waals surface area contributed by atoms with Crippen molar-refractivity contribution in [2.45, 2.75) is 6.42 Å². The summed E-state index contributed by atoms with van der Waals surface area (Å²) >= 11 is 1.63. The summed E-state index contributed by atoms with van der Waals surface area (Å²) in [6.07, 6.45) is 2.51. The van der Waals surface area contributed by atoms with Gasteiger partial charge in [-0.15, -0.1) is 11.8 Å². The molecule has 0 spiro atoms.